The Labute approximate surface area is 116 Å². The van der Waals surface area contributed by atoms with Gasteiger partial charge in [-0.1, -0.05) is 43.3 Å². The van der Waals surface area contributed by atoms with E-state index in [4.69, 9.17) is 4.99 Å². The van der Waals surface area contributed by atoms with Crippen LogP contribution in [0.25, 0.3) is 0 Å². The van der Waals surface area contributed by atoms with Crippen LogP contribution < -0.4 is 0 Å². The van der Waals surface area contributed by atoms with E-state index >= 15 is 0 Å². The number of halogens is 1. The zero-order valence-electron chi connectivity index (χ0n) is 10.3. The predicted octanol–water partition coefficient (Wildman–Crippen LogP) is 4.69. The molecule has 0 amide bonds. The fourth-order valence-electron chi connectivity index (χ4n) is 2.28. The van der Waals surface area contributed by atoms with Crippen molar-refractivity contribution in [2.75, 3.05) is 0 Å². The molecule has 0 atom stereocenters. The molecule has 2 heteroatoms. The first-order valence-corrected chi connectivity index (χ1v) is 7.01. The van der Waals surface area contributed by atoms with Crippen LogP contribution in [-0.2, 0) is 12.8 Å². The maximum Gasteiger partial charge on any atom is 0.0811 e. The van der Waals surface area contributed by atoms with Gasteiger partial charge in [0.15, 0.2) is 0 Å². The summed E-state index contributed by atoms with van der Waals surface area (Å²) < 4.78 is 1.08. The van der Waals surface area contributed by atoms with Crippen LogP contribution in [0.3, 0.4) is 0 Å². The minimum Gasteiger partial charge on any atom is -0.251 e. The van der Waals surface area contributed by atoms with E-state index in [1.54, 1.807) is 0 Å². The van der Waals surface area contributed by atoms with Crippen LogP contribution >= 0.6 is 15.9 Å². The lowest BCUT2D eigenvalue weighted by atomic mass is 10.0. The third-order valence-corrected chi connectivity index (χ3v) is 4.01. The van der Waals surface area contributed by atoms with Gasteiger partial charge in [0.1, 0.15) is 0 Å². The van der Waals surface area contributed by atoms with Crippen molar-refractivity contribution < 1.29 is 0 Å². The summed E-state index contributed by atoms with van der Waals surface area (Å²) in [6.45, 7) is 2.18. The van der Waals surface area contributed by atoms with Crippen molar-refractivity contribution in [3.8, 4) is 0 Å². The van der Waals surface area contributed by atoms with E-state index in [2.05, 4.69) is 59.3 Å². The first kappa shape index (κ1) is 11.7. The van der Waals surface area contributed by atoms with Crippen LogP contribution in [0.15, 0.2) is 51.9 Å². The number of hydrogen-bond acceptors (Lipinski definition) is 1. The van der Waals surface area contributed by atoms with Crippen molar-refractivity contribution in [1.82, 2.24) is 0 Å². The second-order valence-electron chi connectivity index (χ2n) is 4.53. The molecule has 1 aliphatic rings. The van der Waals surface area contributed by atoms with Crippen LogP contribution in [0.4, 0.5) is 5.69 Å². The van der Waals surface area contributed by atoms with Gasteiger partial charge in [-0.2, -0.15) is 0 Å². The summed E-state index contributed by atoms with van der Waals surface area (Å²) in [6.07, 6.45) is 2.01. The highest BCUT2D eigenvalue weighted by Crippen LogP contribution is 2.35. The molecule has 90 valence electrons. The van der Waals surface area contributed by atoms with Gasteiger partial charge in [0.25, 0.3) is 0 Å². The van der Waals surface area contributed by atoms with Gasteiger partial charge >= 0.3 is 0 Å². The van der Waals surface area contributed by atoms with E-state index in [0.29, 0.717) is 0 Å². The molecule has 0 fully saturated rings. The first-order valence-electron chi connectivity index (χ1n) is 6.22. The molecule has 0 aliphatic carbocycles. The predicted molar refractivity (Wildman–Crippen MR) is 79.9 cm³/mol. The lowest BCUT2D eigenvalue weighted by Gasteiger charge is -2.01. The van der Waals surface area contributed by atoms with E-state index in [9.17, 15) is 0 Å². The van der Waals surface area contributed by atoms with Gasteiger partial charge in [-0.05, 0) is 45.1 Å². The highest BCUT2D eigenvalue weighted by atomic mass is 79.9. The standard InChI is InChI=1S/C16H14BrN/c1-2-11-6-8-12(9-7-11)15-10-13-4-3-5-14(17)16(13)18-15/h3-9H,2,10H2,1H3. The van der Waals surface area contributed by atoms with Crippen LogP contribution in [0.5, 0.6) is 0 Å². The zero-order chi connectivity index (χ0) is 12.5. The number of benzene rings is 2. The summed E-state index contributed by atoms with van der Waals surface area (Å²) >= 11 is 3.56. The summed E-state index contributed by atoms with van der Waals surface area (Å²) in [6, 6.07) is 15.0. The largest absolute Gasteiger partial charge is 0.251 e. The molecule has 2 aromatic rings. The fourth-order valence-corrected chi connectivity index (χ4v) is 2.78. The monoisotopic (exact) mass is 299 g/mol. The van der Waals surface area contributed by atoms with E-state index < -0.39 is 0 Å². The molecule has 0 bridgehead atoms. The van der Waals surface area contributed by atoms with E-state index in [-0.39, 0.29) is 0 Å². The van der Waals surface area contributed by atoms with Crippen LogP contribution in [-0.4, -0.2) is 5.71 Å². The molecule has 0 aromatic heterocycles. The summed E-state index contributed by atoms with van der Waals surface area (Å²) in [7, 11) is 0. The molecular weight excluding hydrogens is 286 g/mol. The average Bonchev–Trinajstić information content (AvgIpc) is 2.84. The Balaban J connectivity index is 1.96. The quantitative estimate of drug-likeness (QED) is 0.763. The molecule has 0 spiro atoms. The Morgan fingerprint density at radius 3 is 2.56 bits per heavy atom. The maximum atomic E-state index is 4.75. The second kappa shape index (κ2) is 4.69. The van der Waals surface area contributed by atoms with E-state index in [0.717, 1.165) is 23.0 Å². The zero-order valence-corrected chi connectivity index (χ0v) is 11.9. The molecule has 1 aliphatic heterocycles. The molecule has 18 heavy (non-hydrogen) atoms. The Hall–Kier alpha value is -1.41. The normalized spacial score (nSPS) is 13.3. The summed E-state index contributed by atoms with van der Waals surface area (Å²) in [5, 5.41) is 0. The van der Waals surface area contributed by atoms with Crippen molar-refractivity contribution in [1.29, 1.82) is 0 Å². The van der Waals surface area contributed by atoms with Gasteiger partial charge in [0, 0.05) is 10.9 Å². The van der Waals surface area contributed by atoms with Crippen LogP contribution in [0.1, 0.15) is 23.6 Å². The molecule has 1 heterocycles. The molecule has 3 rings (SSSR count). The van der Waals surface area contributed by atoms with Gasteiger partial charge < -0.3 is 0 Å². The molecule has 1 nitrogen and oxygen atoms in total. The van der Waals surface area contributed by atoms with Crippen molar-refractivity contribution in [3.05, 3.63) is 63.6 Å². The Bertz CT molecular complexity index is 611. The second-order valence-corrected chi connectivity index (χ2v) is 5.39. The smallest absolute Gasteiger partial charge is 0.0811 e. The van der Waals surface area contributed by atoms with Gasteiger partial charge in [-0.25, -0.2) is 0 Å². The summed E-state index contributed by atoms with van der Waals surface area (Å²) in [4.78, 5) is 4.75. The minimum atomic E-state index is 0.931. The third kappa shape index (κ3) is 2.01. The fraction of sp³-hybridized carbons (Fsp3) is 0.188. The van der Waals surface area contributed by atoms with Gasteiger partial charge in [-0.15, -0.1) is 0 Å². The number of fused-ring (bicyclic) bond motifs is 1. The lowest BCUT2D eigenvalue weighted by Crippen LogP contribution is -2.00. The molecule has 0 unspecified atom stereocenters. The van der Waals surface area contributed by atoms with Gasteiger partial charge in [-0.3, -0.25) is 4.99 Å². The maximum absolute atomic E-state index is 4.75. The molecular formula is C16H14BrN. The van der Waals surface area contributed by atoms with Crippen molar-refractivity contribution in [2.24, 2.45) is 4.99 Å². The highest BCUT2D eigenvalue weighted by molar-refractivity contribution is 9.10. The van der Waals surface area contributed by atoms with Crippen molar-refractivity contribution in [3.63, 3.8) is 0 Å². The minimum absolute atomic E-state index is 0.931. The SMILES string of the molecule is CCc1ccc(C2=Nc3c(Br)cccc3C2)cc1. The Morgan fingerprint density at radius 1 is 1.11 bits per heavy atom. The highest BCUT2D eigenvalue weighted by Gasteiger charge is 2.17. The molecule has 0 saturated carbocycles. The lowest BCUT2D eigenvalue weighted by molar-refractivity contribution is 1.14. The topological polar surface area (TPSA) is 12.4 Å². The number of aryl methyl sites for hydroxylation is 1. The van der Waals surface area contributed by atoms with Crippen molar-refractivity contribution >= 4 is 27.3 Å². The van der Waals surface area contributed by atoms with E-state index in [1.807, 2.05) is 6.07 Å². The number of aliphatic imine (C=N–C) groups is 1. The third-order valence-electron chi connectivity index (χ3n) is 3.37. The molecule has 0 N–H and O–H groups in total. The molecule has 0 saturated heterocycles. The number of rotatable bonds is 2. The van der Waals surface area contributed by atoms with Gasteiger partial charge in [0.05, 0.1) is 11.4 Å². The average molecular weight is 300 g/mol. The number of nitrogens with zero attached hydrogens (tertiary/aromatic N) is 1. The molecule has 2 aromatic carbocycles. The van der Waals surface area contributed by atoms with Crippen LogP contribution in [0.2, 0.25) is 0 Å². The van der Waals surface area contributed by atoms with Gasteiger partial charge in [0.2, 0.25) is 0 Å². The number of hydrogen-bond donors (Lipinski definition) is 0. The van der Waals surface area contributed by atoms with E-state index in [1.165, 1.54) is 22.4 Å². The molecule has 0 radical (unpaired) electrons. The Morgan fingerprint density at radius 2 is 1.89 bits per heavy atom. The first-order chi connectivity index (χ1) is 8.78. The van der Waals surface area contributed by atoms with Crippen LogP contribution in [0, 0.1) is 0 Å². The number of para-hydroxylation sites is 1. The van der Waals surface area contributed by atoms with Crippen molar-refractivity contribution in [2.45, 2.75) is 19.8 Å². The Kier molecular flexibility index (Phi) is 3.04. The summed E-state index contributed by atoms with van der Waals surface area (Å²) in [5.74, 6) is 0. The summed E-state index contributed by atoms with van der Waals surface area (Å²) in [5.41, 5.74) is 6.16.